The number of hydrogen-bond donors (Lipinski definition) is 2. The SMILES string of the molecule is O=S(=O)(O)c1cc(S(=O)(=O)O)c2cc(N=Nc3ccc(N(CC4CO4)CC4CO4)cc3)ccc2c1. The van der Waals surface area contributed by atoms with E-state index < -0.39 is 30.0 Å². The van der Waals surface area contributed by atoms with Crippen molar-refractivity contribution in [2.45, 2.75) is 22.0 Å². The number of fused-ring (bicyclic) bond motifs is 1. The van der Waals surface area contributed by atoms with Gasteiger partial charge in [0, 0.05) is 24.2 Å². The third-order valence-corrected chi connectivity index (χ3v) is 7.32. The Kier molecular flexibility index (Phi) is 6.07. The summed E-state index contributed by atoms with van der Waals surface area (Å²) in [5, 5.41) is 8.54. The van der Waals surface area contributed by atoms with E-state index in [-0.39, 0.29) is 28.7 Å². The molecule has 2 atom stereocenters. The van der Waals surface area contributed by atoms with Crippen molar-refractivity contribution in [2.24, 2.45) is 10.2 Å². The Morgan fingerprint density at radius 3 is 1.91 bits per heavy atom. The largest absolute Gasteiger partial charge is 0.371 e. The molecule has 35 heavy (non-hydrogen) atoms. The molecule has 0 bridgehead atoms. The maximum absolute atomic E-state index is 11.9. The predicted molar refractivity (Wildman–Crippen MR) is 126 cm³/mol. The molecule has 184 valence electrons. The zero-order chi connectivity index (χ0) is 24.8. The summed E-state index contributed by atoms with van der Waals surface area (Å²) in [5.74, 6) is 0. The Balaban J connectivity index is 1.40. The normalized spacial score (nSPS) is 19.8. The van der Waals surface area contributed by atoms with Crippen LogP contribution in [-0.2, 0) is 29.7 Å². The Bertz CT molecular complexity index is 1500. The fourth-order valence-corrected chi connectivity index (χ4v) is 5.03. The second-order valence-corrected chi connectivity index (χ2v) is 11.1. The fourth-order valence-electron chi connectivity index (χ4n) is 3.68. The van der Waals surface area contributed by atoms with Crippen LogP contribution in [-0.4, -0.2) is 64.5 Å². The number of ether oxygens (including phenoxy) is 2. The number of hydrogen-bond acceptors (Lipinski definition) is 9. The number of anilines is 1. The number of azo groups is 1. The van der Waals surface area contributed by atoms with Gasteiger partial charge in [-0.05, 0) is 53.9 Å². The van der Waals surface area contributed by atoms with E-state index in [2.05, 4.69) is 15.1 Å². The molecular weight excluding hydrogens is 498 g/mol. The molecule has 0 radical (unpaired) electrons. The maximum Gasteiger partial charge on any atom is 0.295 e. The van der Waals surface area contributed by atoms with Crippen LogP contribution in [0.2, 0.25) is 0 Å². The molecule has 0 amide bonds. The van der Waals surface area contributed by atoms with Crippen molar-refractivity contribution in [3.05, 3.63) is 54.6 Å². The molecule has 2 aliphatic heterocycles. The molecular formula is C22H21N3O8S2. The molecule has 2 saturated heterocycles. The lowest BCUT2D eigenvalue weighted by Gasteiger charge is -2.23. The third-order valence-electron chi connectivity index (χ3n) is 5.60. The fraction of sp³-hybridized carbons (Fsp3) is 0.273. The second-order valence-electron chi connectivity index (χ2n) is 8.31. The van der Waals surface area contributed by atoms with Gasteiger partial charge in [-0.3, -0.25) is 9.11 Å². The molecule has 2 aliphatic rings. The minimum absolute atomic E-state index is 0.0342. The van der Waals surface area contributed by atoms with Gasteiger partial charge in [0.1, 0.15) is 4.90 Å². The van der Waals surface area contributed by atoms with Gasteiger partial charge in [0.15, 0.2) is 0 Å². The molecule has 0 spiro atoms. The lowest BCUT2D eigenvalue weighted by atomic mass is 10.1. The average Bonchev–Trinajstić information content (AvgIpc) is 3.72. The first-order valence-electron chi connectivity index (χ1n) is 10.6. The highest BCUT2D eigenvalue weighted by Gasteiger charge is 2.30. The molecule has 0 saturated carbocycles. The highest BCUT2D eigenvalue weighted by molar-refractivity contribution is 7.86. The van der Waals surface area contributed by atoms with Crippen molar-refractivity contribution in [3.63, 3.8) is 0 Å². The Labute approximate surface area is 201 Å². The molecule has 11 nitrogen and oxygen atoms in total. The van der Waals surface area contributed by atoms with E-state index in [9.17, 15) is 25.9 Å². The van der Waals surface area contributed by atoms with Crippen molar-refractivity contribution >= 4 is 48.1 Å². The van der Waals surface area contributed by atoms with Gasteiger partial charge in [0.05, 0.1) is 41.7 Å². The van der Waals surface area contributed by atoms with Crippen LogP contribution in [0.25, 0.3) is 10.8 Å². The van der Waals surface area contributed by atoms with Gasteiger partial charge in [0.2, 0.25) is 0 Å². The molecule has 3 aromatic rings. The van der Waals surface area contributed by atoms with E-state index in [1.807, 2.05) is 12.1 Å². The summed E-state index contributed by atoms with van der Waals surface area (Å²) in [4.78, 5) is 0.892. The predicted octanol–water partition coefficient (Wildman–Crippen LogP) is 3.35. The van der Waals surface area contributed by atoms with Gasteiger partial charge in [0.25, 0.3) is 20.2 Å². The van der Waals surface area contributed by atoms with Crippen LogP contribution in [0, 0.1) is 0 Å². The molecule has 13 heteroatoms. The first-order chi connectivity index (χ1) is 16.6. The van der Waals surface area contributed by atoms with Crippen LogP contribution < -0.4 is 4.90 Å². The van der Waals surface area contributed by atoms with E-state index in [0.29, 0.717) is 11.8 Å². The van der Waals surface area contributed by atoms with Gasteiger partial charge in [-0.15, -0.1) is 0 Å². The van der Waals surface area contributed by atoms with Crippen LogP contribution >= 0.6 is 0 Å². The second kappa shape index (κ2) is 8.93. The first-order valence-corrected chi connectivity index (χ1v) is 13.5. The molecule has 0 aliphatic carbocycles. The van der Waals surface area contributed by atoms with Gasteiger partial charge < -0.3 is 14.4 Å². The Morgan fingerprint density at radius 1 is 0.800 bits per heavy atom. The topological polar surface area (TPSA) is 162 Å². The van der Waals surface area contributed by atoms with Crippen molar-refractivity contribution in [1.29, 1.82) is 0 Å². The number of benzene rings is 3. The van der Waals surface area contributed by atoms with E-state index in [4.69, 9.17) is 9.47 Å². The zero-order valence-electron chi connectivity index (χ0n) is 18.2. The van der Waals surface area contributed by atoms with Gasteiger partial charge >= 0.3 is 0 Å². The Hall–Kier alpha value is -2.94. The molecule has 0 aromatic heterocycles. The van der Waals surface area contributed by atoms with Gasteiger partial charge in [-0.1, -0.05) is 6.07 Å². The van der Waals surface area contributed by atoms with E-state index >= 15 is 0 Å². The Morgan fingerprint density at radius 2 is 1.37 bits per heavy atom. The minimum atomic E-state index is -4.79. The standard InChI is InChI=1S/C22H21N3O8S2/c26-34(27,28)20-7-14-1-2-16(8-21(14)22(9-20)35(29,30)31)24-23-15-3-5-17(6-4-15)25(10-18-12-32-18)11-19-13-33-19/h1-9,18-19H,10-13H2,(H,26,27,28)(H,29,30,31). The van der Waals surface area contributed by atoms with Crippen LogP contribution in [0.5, 0.6) is 0 Å². The molecule has 2 N–H and O–H groups in total. The summed E-state index contributed by atoms with van der Waals surface area (Å²) < 4.78 is 76.3. The van der Waals surface area contributed by atoms with Crippen LogP contribution in [0.15, 0.2) is 74.6 Å². The summed E-state index contributed by atoms with van der Waals surface area (Å²) in [5.41, 5.74) is 1.86. The van der Waals surface area contributed by atoms with Gasteiger partial charge in [-0.2, -0.15) is 27.1 Å². The highest BCUT2D eigenvalue weighted by Crippen LogP contribution is 2.31. The first kappa shape index (κ1) is 23.8. The number of nitrogens with zero attached hydrogens (tertiary/aromatic N) is 3. The van der Waals surface area contributed by atoms with Crippen LogP contribution in [0.4, 0.5) is 17.1 Å². The van der Waals surface area contributed by atoms with Crippen molar-refractivity contribution in [2.75, 3.05) is 31.2 Å². The van der Waals surface area contributed by atoms with Crippen molar-refractivity contribution in [3.8, 4) is 0 Å². The quantitative estimate of drug-likeness (QED) is 0.245. The summed E-state index contributed by atoms with van der Waals surface area (Å²) in [7, 11) is -9.47. The van der Waals surface area contributed by atoms with Crippen molar-refractivity contribution in [1.82, 2.24) is 0 Å². The summed E-state index contributed by atoms with van der Waals surface area (Å²) in [6, 6.07) is 13.5. The van der Waals surface area contributed by atoms with E-state index in [0.717, 1.165) is 38.1 Å². The summed E-state index contributed by atoms with van der Waals surface area (Å²) >= 11 is 0. The lowest BCUT2D eigenvalue weighted by Crippen LogP contribution is -2.31. The van der Waals surface area contributed by atoms with E-state index in [1.54, 1.807) is 12.1 Å². The lowest BCUT2D eigenvalue weighted by molar-refractivity contribution is 0.389. The zero-order valence-corrected chi connectivity index (χ0v) is 19.8. The molecule has 2 unspecified atom stereocenters. The van der Waals surface area contributed by atoms with Crippen LogP contribution in [0.1, 0.15) is 0 Å². The average molecular weight is 520 g/mol. The summed E-state index contributed by atoms with van der Waals surface area (Å²) in [6.45, 7) is 3.09. The van der Waals surface area contributed by atoms with Gasteiger partial charge in [-0.25, -0.2) is 0 Å². The smallest absolute Gasteiger partial charge is 0.295 e. The number of rotatable bonds is 9. The van der Waals surface area contributed by atoms with E-state index in [1.165, 1.54) is 18.2 Å². The number of epoxide rings is 2. The van der Waals surface area contributed by atoms with Crippen molar-refractivity contribution < 1.29 is 35.4 Å². The monoisotopic (exact) mass is 519 g/mol. The highest BCUT2D eigenvalue weighted by atomic mass is 32.2. The molecule has 2 heterocycles. The molecule has 2 fully saturated rings. The van der Waals surface area contributed by atoms with Crippen LogP contribution in [0.3, 0.4) is 0 Å². The molecule has 5 rings (SSSR count). The summed E-state index contributed by atoms with van der Waals surface area (Å²) in [6.07, 6.45) is 0.476. The minimum Gasteiger partial charge on any atom is -0.371 e. The molecule has 3 aromatic carbocycles. The third kappa shape index (κ3) is 5.83. The maximum atomic E-state index is 11.9.